The zero-order chi connectivity index (χ0) is 14.7. The van der Waals surface area contributed by atoms with Gasteiger partial charge in [0.2, 0.25) is 0 Å². The minimum atomic E-state index is -0.629. The fourth-order valence-electron chi connectivity index (χ4n) is 2.00. The Bertz CT molecular complexity index is 650. The van der Waals surface area contributed by atoms with Crippen LogP contribution in [0.5, 0.6) is 11.5 Å². The van der Waals surface area contributed by atoms with E-state index in [-0.39, 0.29) is 17.1 Å². The first-order valence-corrected chi connectivity index (χ1v) is 6.10. The summed E-state index contributed by atoms with van der Waals surface area (Å²) >= 11 is 0. The predicted molar refractivity (Wildman–Crippen MR) is 74.1 cm³/mol. The molecular weight excluding hydrogens is 259 g/mol. The number of rotatable bonds is 4. The van der Waals surface area contributed by atoms with Gasteiger partial charge in [0.1, 0.15) is 5.82 Å². The molecular formula is C16H15FO3. The van der Waals surface area contributed by atoms with Crippen LogP contribution in [-0.2, 0) is 0 Å². The second kappa shape index (κ2) is 5.74. The molecule has 0 bridgehead atoms. The summed E-state index contributed by atoms with van der Waals surface area (Å²) in [6, 6.07) is 9.59. The molecule has 2 rings (SSSR count). The summed E-state index contributed by atoms with van der Waals surface area (Å²) in [7, 11) is 2.86. The Kier molecular flexibility index (Phi) is 4.03. The van der Waals surface area contributed by atoms with Crippen LogP contribution in [-0.4, -0.2) is 20.0 Å². The van der Waals surface area contributed by atoms with Crippen LogP contribution in [0, 0.1) is 12.7 Å². The van der Waals surface area contributed by atoms with Crippen LogP contribution < -0.4 is 9.47 Å². The van der Waals surface area contributed by atoms with E-state index >= 15 is 0 Å². The maximum absolute atomic E-state index is 14.1. The molecule has 2 aromatic rings. The highest BCUT2D eigenvalue weighted by Crippen LogP contribution is 2.31. The molecule has 20 heavy (non-hydrogen) atoms. The van der Waals surface area contributed by atoms with Crippen molar-refractivity contribution < 1.29 is 18.7 Å². The smallest absolute Gasteiger partial charge is 0.196 e. The molecule has 0 N–H and O–H groups in total. The van der Waals surface area contributed by atoms with Crippen LogP contribution in [0.4, 0.5) is 4.39 Å². The van der Waals surface area contributed by atoms with Crippen LogP contribution in [0.1, 0.15) is 21.5 Å². The molecule has 0 amide bonds. The third-order valence-electron chi connectivity index (χ3n) is 3.11. The molecule has 4 heteroatoms. The van der Waals surface area contributed by atoms with E-state index in [1.165, 1.54) is 20.3 Å². The van der Waals surface area contributed by atoms with E-state index in [1.54, 1.807) is 12.1 Å². The lowest BCUT2D eigenvalue weighted by atomic mass is 9.98. The molecule has 0 heterocycles. The molecule has 0 aliphatic rings. The maximum Gasteiger partial charge on any atom is 0.196 e. The first-order valence-electron chi connectivity index (χ1n) is 6.10. The number of aryl methyl sites for hydroxylation is 1. The number of ether oxygens (including phenoxy) is 2. The van der Waals surface area contributed by atoms with Gasteiger partial charge >= 0.3 is 0 Å². The molecule has 0 spiro atoms. The summed E-state index contributed by atoms with van der Waals surface area (Å²) in [5.74, 6) is -0.422. The quantitative estimate of drug-likeness (QED) is 0.802. The zero-order valence-electron chi connectivity index (χ0n) is 11.6. The minimum Gasteiger partial charge on any atom is -0.493 e. The Balaban J connectivity index is 2.53. The van der Waals surface area contributed by atoms with Crippen molar-refractivity contribution in [1.29, 1.82) is 0 Å². The van der Waals surface area contributed by atoms with Crippen molar-refractivity contribution >= 4 is 5.78 Å². The first kappa shape index (κ1) is 14.1. The average molecular weight is 274 g/mol. The molecule has 3 nitrogen and oxygen atoms in total. The Hall–Kier alpha value is -2.36. The molecule has 0 saturated heterocycles. The van der Waals surface area contributed by atoms with Gasteiger partial charge in [-0.15, -0.1) is 0 Å². The van der Waals surface area contributed by atoms with Crippen LogP contribution in [0.25, 0.3) is 0 Å². The predicted octanol–water partition coefficient (Wildman–Crippen LogP) is 3.38. The van der Waals surface area contributed by atoms with E-state index in [0.29, 0.717) is 11.3 Å². The summed E-state index contributed by atoms with van der Waals surface area (Å²) in [6.07, 6.45) is 0. The minimum absolute atomic E-state index is 0.0306. The lowest BCUT2D eigenvalue weighted by molar-refractivity contribution is 0.103. The Labute approximate surface area is 117 Å². The third kappa shape index (κ3) is 2.50. The summed E-state index contributed by atoms with van der Waals surface area (Å²) in [6.45, 7) is 1.81. The molecule has 0 saturated carbocycles. The van der Waals surface area contributed by atoms with E-state index in [4.69, 9.17) is 9.47 Å². The number of ketones is 1. The van der Waals surface area contributed by atoms with Gasteiger partial charge in [-0.25, -0.2) is 4.39 Å². The van der Waals surface area contributed by atoms with Gasteiger partial charge in [0.05, 0.1) is 19.8 Å². The number of hydrogen-bond donors (Lipinski definition) is 0. The lowest BCUT2D eigenvalue weighted by Crippen LogP contribution is -2.07. The summed E-state index contributed by atoms with van der Waals surface area (Å²) in [5.41, 5.74) is 1.24. The van der Waals surface area contributed by atoms with Crippen LogP contribution >= 0.6 is 0 Å². The molecule has 0 aromatic heterocycles. The molecule has 104 valence electrons. The van der Waals surface area contributed by atoms with Crippen LogP contribution in [0.15, 0.2) is 36.4 Å². The van der Waals surface area contributed by atoms with E-state index in [0.717, 1.165) is 11.6 Å². The number of methoxy groups -OCH3 is 2. The van der Waals surface area contributed by atoms with Crippen molar-refractivity contribution in [2.45, 2.75) is 6.92 Å². The van der Waals surface area contributed by atoms with Gasteiger partial charge in [-0.05, 0) is 18.6 Å². The van der Waals surface area contributed by atoms with Gasteiger partial charge in [-0.3, -0.25) is 4.79 Å². The summed E-state index contributed by atoms with van der Waals surface area (Å²) in [5, 5.41) is 0. The number of benzene rings is 2. The van der Waals surface area contributed by atoms with Gasteiger partial charge in [0.15, 0.2) is 17.3 Å². The standard InChI is InChI=1S/C16H15FO3/c1-10-6-4-5-7-11(10)16(18)12-8-14(19-2)15(20-3)9-13(12)17/h4-9H,1-3H3. The van der Waals surface area contributed by atoms with Crippen molar-refractivity contribution in [3.63, 3.8) is 0 Å². The van der Waals surface area contributed by atoms with Gasteiger partial charge in [-0.1, -0.05) is 24.3 Å². The fourth-order valence-corrected chi connectivity index (χ4v) is 2.00. The normalized spacial score (nSPS) is 10.2. The maximum atomic E-state index is 14.1. The molecule has 0 unspecified atom stereocenters. The van der Waals surface area contributed by atoms with E-state index in [2.05, 4.69) is 0 Å². The van der Waals surface area contributed by atoms with Crippen molar-refractivity contribution in [1.82, 2.24) is 0 Å². The lowest BCUT2D eigenvalue weighted by Gasteiger charge is -2.11. The fraction of sp³-hybridized carbons (Fsp3) is 0.188. The molecule has 0 atom stereocenters. The zero-order valence-corrected chi connectivity index (χ0v) is 11.6. The van der Waals surface area contributed by atoms with Gasteiger partial charge in [0, 0.05) is 11.6 Å². The van der Waals surface area contributed by atoms with Gasteiger partial charge in [-0.2, -0.15) is 0 Å². The number of hydrogen-bond acceptors (Lipinski definition) is 3. The SMILES string of the molecule is COc1cc(F)c(C(=O)c2ccccc2C)cc1OC. The molecule has 0 aliphatic heterocycles. The van der Waals surface area contributed by atoms with Crippen LogP contribution in [0.3, 0.4) is 0 Å². The second-order valence-corrected chi connectivity index (χ2v) is 4.33. The van der Waals surface area contributed by atoms with Crippen molar-refractivity contribution in [2.24, 2.45) is 0 Å². The number of carbonyl (C=O) groups is 1. The summed E-state index contributed by atoms with van der Waals surface area (Å²) < 4.78 is 24.2. The molecule has 0 aliphatic carbocycles. The van der Waals surface area contributed by atoms with E-state index in [9.17, 15) is 9.18 Å². The highest BCUT2D eigenvalue weighted by molar-refractivity contribution is 6.10. The monoisotopic (exact) mass is 274 g/mol. The second-order valence-electron chi connectivity index (χ2n) is 4.33. The van der Waals surface area contributed by atoms with Gasteiger partial charge < -0.3 is 9.47 Å². The number of carbonyl (C=O) groups excluding carboxylic acids is 1. The van der Waals surface area contributed by atoms with E-state index in [1.807, 2.05) is 19.1 Å². The Morgan fingerprint density at radius 2 is 1.60 bits per heavy atom. The largest absolute Gasteiger partial charge is 0.493 e. The van der Waals surface area contributed by atoms with Crippen molar-refractivity contribution in [2.75, 3.05) is 14.2 Å². The number of halogens is 1. The molecule has 0 fully saturated rings. The molecule has 2 aromatic carbocycles. The highest BCUT2D eigenvalue weighted by atomic mass is 19.1. The van der Waals surface area contributed by atoms with Gasteiger partial charge in [0.25, 0.3) is 0 Å². The first-order chi connectivity index (χ1) is 9.58. The highest BCUT2D eigenvalue weighted by Gasteiger charge is 2.19. The topological polar surface area (TPSA) is 35.5 Å². The molecule has 0 radical (unpaired) electrons. The summed E-state index contributed by atoms with van der Waals surface area (Å²) in [4.78, 5) is 12.4. The van der Waals surface area contributed by atoms with Crippen molar-refractivity contribution in [3.8, 4) is 11.5 Å². The van der Waals surface area contributed by atoms with E-state index < -0.39 is 5.82 Å². The van der Waals surface area contributed by atoms with Crippen molar-refractivity contribution in [3.05, 3.63) is 58.9 Å². The average Bonchev–Trinajstić information content (AvgIpc) is 2.46. The third-order valence-corrected chi connectivity index (χ3v) is 3.11. The Morgan fingerprint density at radius 3 is 2.20 bits per heavy atom. The van der Waals surface area contributed by atoms with Crippen LogP contribution in [0.2, 0.25) is 0 Å². The Morgan fingerprint density at radius 1 is 1.00 bits per heavy atom.